The van der Waals surface area contributed by atoms with Crippen LogP contribution < -0.4 is 10.1 Å². The maximum atomic E-state index is 9.12. The standard InChI is InChI=1S/C23H24N4O2/c1-4-16(15-24-2)22-26-21-10-9-18(17-7-5-8-19(13-17)29-3)14-20(21)23(27-22)25-11-6-12-28/h4-5,7-10,13-15,28H,1-2,6,11-12H2,3H3,(H,25,26,27)/b16-15+. The van der Waals surface area contributed by atoms with Gasteiger partial charge in [0.15, 0.2) is 5.82 Å². The van der Waals surface area contributed by atoms with Crippen LogP contribution in [0.15, 0.2) is 66.3 Å². The highest BCUT2D eigenvalue weighted by molar-refractivity contribution is 5.94. The van der Waals surface area contributed by atoms with E-state index in [2.05, 4.69) is 39.6 Å². The third-order valence-corrected chi connectivity index (χ3v) is 4.43. The summed E-state index contributed by atoms with van der Waals surface area (Å²) in [4.78, 5) is 13.2. The second kappa shape index (κ2) is 9.61. The maximum Gasteiger partial charge on any atom is 0.163 e. The van der Waals surface area contributed by atoms with Gasteiger partial charge in [0.25, 0.3) is 0 Å². The first-order chi connectivity index (χ1) is 14.2. The van der Waals surface area contributed by atoms with Gasteiger partial charge in [0.2, 0.25) is 0 Å². The van der Waals surface area contributed by atoms with Crippen molar-refractivity contribution in [2.75, 3.05) is 25.6 Å². The fourth-order valence-corrected chi connectivity index (χ4v) is 2.96. The number of aliphatic imine (C=N–C) groups is 1. The van der Waals surface area contributed by atoms with Crippen LogP contribution in [0.3, 0.4) is 0 Å². The first-order valence-corrected chi connectivity index (χ1v) is 9.30. The van der Waals surface area contributed by atoms with Crippen LogP contribution in [-0.2, 0) is 0 Å². The molecule has 0 atom stereocenters. The predicted octanol–water partition coefficient (Wildman–Crippen LogP) is 4.33. The molecule has 2 aromatic carbocycles. The summed E-state index contributed by atoms with van der Waals surface area (Å²) in [5, 5.41) is 13.3. The van der Waals surface area contributed by atoms with Gasteiger partial charge in [-0.15, -0.1) is 0 Å². The number of methoxy groups -OCH3 is 1. The van der Waals surface area contributed by atoms with E-state index in [0.717, 1.165) is 27.8 Å². The van der Waals surface area contributed by atoms with E-state index in [4.69, 9.17) is 9.84 Å². The third kappa shape index (κ3) is 4.67. The van der Waals surface area contributed by atoms with Gasteiger partial charge in [-0.3, -0.25) is 4.99 Å². The van der Waals surface area contributed by atoms with Crippen LogP contribution in [-0.4, -0.2) is 42.1 Å². The van der Waals surface area contributed by atoms with E-state index < -0.39 is 0 Å². The minimum Gasteiger partial charge on any atom is -0.497 e. The minimum absolute atomic E-state index is 0.107. The maximum absolute atomic E-state index is 9.12. The van der Waals surface area contributed by atoms with E-state index in [1.165, 1.54) is 0 Å². The lowest BCUT2D eigenvalue weighted by molar-refractivity contribution is 0.292. The zero-order valence-corrected chi connectivity index (χ0v) is 16.4. The molecule has 0 amide bonds. The van der Waals surface area contributed by atoms with Crippen molar-refractivity contribution in [1.29, 1.82) is 0 Å². The molecule has 0 spiro atoms. The van der Waals surface area contributed by atoms with E-state index in [0.29, 0.717) is 30.2 Å². The van der Waals surface area contributed by atoms with Crippen molar-refractivity contribution in [3.8, 4) is 16.9 Å². The largest absolute Gasteiger partial charge is 0.497 e. The monoisotopic (exact) mass is 388 g/mol. The summed E-state index contributed by atoms with van der Waals surface area (Å²) in [7, 11) is 1.65. The number of rotatable bonds is 9. The Morgan fingerprint density at radius 1 is 1.21 bits per heavy atom. The molecule has 0 aliphatic carbocycles. The number of fused-ring (bicyclic) bond motifs is 1. The van der Waals surface area contributed by atoms with Gasteiger partial charge in [-0.05, 0) is 48.5 Å². The van der Waals surface area contributed by atoms with Crippen molar-refractivity contribution < 1.29 is 9.84 Å². The van der Waals surface area contributed by atoms with Gasteiger partial charge in [0.1, 0.15) is 11.6 Å². The molecule has 0 aliphatic heterocycles. The lowest BCUT2D eigenvalue weighted by atomic mass is 10.0. The molecule has 6 nitrogen and oxygen atoms in total. The number of nitrogens with one attached hydrogen (secondary N) is 1. The van der Waals surface area contributed by atoms with E-state index in [9.17, 15) is 0 Å². The SMILES string of the molecule is C=C/C(=C\N=C)c1nc(NCCCO)c2cc(-c3cccc(OC)c3)ccc2n1. The summed E-state index contributed by atoms with van der Waals surface area (Å²) in [6.07, 6.45) is 3.85. The zero-order valence-electron chi connectivity index (χ0n) is 16.4. The molecule has 0 saturated heterocycles. The first-order valence-electron chi connectivity index (χ1n) is 9.30. The number of hydrogen-bond donors (Lipinski definition) is 2. The van der Waals surface area contributed by atoms with Gasteiger partial charge in [-0.2, -0.15) is 0 Å². The summed E-state index contributed by atoms with van der Waals surface area (Å²) in [5.74, 6) is 2.01. The Balaban J connectivity index is 2.13. The van der Waals surface area contributed by atoms with Crippen LogP contribution in [0.5, 0.6) is 5.75 Å². The van der Waals surface area contributed by atoms with Crippen LogP contribution in [0.2, 0.25) is 0 Å². The Kier molecular flexibility index (Phi) is 6.71. The molecule has 0 unspecified atom stereocenters. The van der Waals surface area contributed by atoms with E-state index >= 15 is 0 Å². The molecule has 6 heteroatoms. The smallest absolute Gasteiger partial charge is 0.163 e. The highest BCUT2D eigenvalue weighted by Crippen LogP contribution is 2.30. The zero-order chi connectivity index (χ0) is 20.6. The van der Waals surface area contributed by atoms with Gasteiger partial charge in [0, 0.05) is 30.3 Å². The normalized spacial score (nSPS) is 11.3. The van der Waals surface area contributed by atoms with E-state index in [1.54, 1.807) is 19.4 Å². The molecule has 0 fully saturated rings. The number of hydrogen-bond acceptors (Lipinski definition) is 6. The Morgan fingerprint density at radius 3 is 2.76 bits per heavy atom. The van der Waals surface area contributed by atoms with Crippen LogP contribution in [0.1, 0.15) is 12.2 Å². The fraction of sp³-hybridized carbons (Fsp3) is 0.174. The number of aliphatic hydroxyl groups excluding tert-OH is 1. The van der Waals surface area contributed by atoms with Crippen molar-refractivity contribution in [3.05, 3.63) is 67.1 Å². The second-order valence-electron chi connectivity index (χ2n) is 6.33. The highest BCUT2D eigenvalue weighted by atomic mass is 16.5. The fourth-order valence-electron chi connectivity index (χ4n) is 2.96. The topological polar surface area (TPSA) is 79.6 Å². The number of ether oxygens (including phenoxy) is 1. The lowest BCUT2D eigenvalue weighted by Gasteiger charge is -2.12. The summed E-state index contributed by atoms with van der Waals surface area (Å²) in [6.45, 7) is 8.01. The average Bonchev–Trinajstić information content (AvgIpc) is 2.77. The summed E-state index contributed by atoms with van der Waals surface area (Å²) >= 11 is 0. The number of aromatic nitrogens is 2. The molecule has 3 rings (SSSR count). The van der Waals surface area contributed by atoms with Gasteiger partial charge < -0.3 is 15.2 Å². The minimum atomic E-state index is 0.107. The molecule has 2 N–H and O–H groups in total. The van der Waals surface area contributed by atoms with Crippen molar-refractivity contribution in [3.63, 3.8) is 0 Å². The van der Waals surface area contributed by atoms with Crippen LogP contribution in [0.4, 0.5) is 5.82 Å². The molecule has 148 valence electrons. The summed E-state index contributed by atoms with van der Waals surface area (Å²) < 4.78 is 5.34. The second-order valence-corrected chi connectivity index (χ2v) is 6.33. The molecule has 29 heavy (non-hydrogen) atoms. The number of anilines is 1. The molecule has 3 aromatic rings. The Labute approximate surface area is 170 Å². The van der Waals surface area contributed by atoms with Crippen LogP contribution in [0, 0.1) is 0 Å². The summed E-state index contributed by atoms with van der Waals surface area (Å²) in [5.41, 5.74) is 3.55. The molecule has 0 bridgehead atoms. The Morgan fingerprint density at radius 2 is 2.03 bits per heavy atom. The van der Waals surface area contributed by atoms with E-state index in [-0.39, 0.29) is 6.61 Å². The van der Waals surface area contributed by atoms with E-state index in [1.807, 2.05) is 36.4 Å². The number of nitrogens with zero attached hydrogens (tertiary/aromatic N) is 3. The molecular formula is C23H24N4O2. The number of benzene rings is 2. The molecule has 1 aromatic heterocycles. The Bertz CT molecular complexity index is 1060. The van der Waals surface area contributed by atoms with Crippen molar-refractivity contribution in [2.45, 2.75) is 6.42 Å². The Hall–Kier alpha value is -3.51. The van der Waals surface area contributed by atoms with Crippen LogP contribution in [0.25, 0.3) is 27.6 Å². The molecule has 1 heterocycles. The molecule has 0 saturated carbocycles. The van der Waals surface area contributed by atoms with Gasteiger partial charge >= 0.3 is 0 Å². The van der Waals surface area contributed by atoms with Crippen molar-refractivity contribution >= 4 is 29.0 Å². The molecule has 0 radical (unpaired) electrons. The van der Waals surface area contributed by atoms with Gasteiger partial charge in [-0.1, -0.05) is 30.9 Å². The number of allylic oxidation sites excluding steroid dienone is 2. The first kappa shape index (κ1) is 20.2. The highest BCUT2D eigenvalue weighted by Gasteiger charge is 2.11. The average molecular weight is 388 g/mol. The molecule has 0 aliphatic rings. The quantitative estimate of drug-likeness (QED) is 0.324. The van der Waals surface area contributed by atoms with Crippen molar-refractivity contribution in [1.82, 2.24) is 9.97 Å². The van der Waals surface area contributed by atoms with Crippen LogP contribution >= 0.6 is 0 Å². The lowest BCUT2D eigenvalue weighted by Crippen LogP contribution is -2.08. The van der Waals surface area contributed by atoms with Crippen molar-refractivity contribution in [2.24, 2.45) is 4.99 Å². The van der Waals surface area contributed by atoms with Gasteiger partial charge in [-0.25, -0.2) is 9.97 Å². The molecular weight excluding hydrogens is 364 g/mol. The van der Waals surface area contributed by atoms with Gasteiger partial charge in [0.05, 0.1) is 12.6 Å². The predicted molar refractivity (Wildman–Crippen MR) is 119 cm³/mol. The third-order valence-electron chi connectivity index (χ3n) is 4.43. The number of aliphatic hydroxyl groups is 1. The summed E-state index contributed by atoms with van der Waals surface area (Å²) in [6, 6.07) is 13.9.